The lowest BCUT2D eigenvalue weighted by Crippen LogP contribution is -2.37. The van der Waals surface area contributed by atoms with Crippen LogP contribution in [0.5, 0.6) is 0 Å². The van der Waals surface area contributed by atoms with E-state index in [1.165, 1.54) is 0 Å². The highest BCUT2D eigenvalue weighted by Crippen LogP contribution is 2.23. The molecular formula is C11H15BO4. The third-order valence-corrected chi connectivity index (χ3v) is 2.22. The summed E-state index contributed by atoms with van der Waals surface area (Å²) in [7, 11) is 5.56. The minimum atomic E-state index is -0.896. The highest BCUT2D eigenvalue weighted by Gasteiger charge is 2.42. The topological polar surface area (TPSA) is 47.9 Å². The van der Waals surface area contributed by atoms with Crippen molar-refractivity contribution >= 4 is 7.85 Å². The van der Waals surface area contributed by atoms with Crippen molar-refractivity contribution in [3.63, 3.8) is 0 Å². The van der Waals surface area contributed by atoms with Gasteiger partial charge in [0.1, 0.15) is 39.4 Å². The molecule has 1 saturated heterocycles. The van der Waals surface area contributed by atoms with E-state index in [-0.39, 0.29) is 13.2 Å². The summed E-state index contributed by atoms with van der Waals surface area (Å²) in [5.41, 5.74) is 0. The SMILES string of the molecule is [B]C1OC(COC(=C)C)C(OCC#C)C1O. The van der Waals surface area contributed by atoms with Crippen LogP contribution in [0.2, 0.25) is 0 Å². The normalized spacial score (nSPS) is 33.3. The molecule has 1 N–H and O–H groups in total. The van der Waals surface area contributed by atoms with Gasteiger partial charge in [0.25, 0.3) is 0 Å². The molecule has 2 radical (unpaired) electrons. The van der Waals surface area contributed by atoms with E-state index in [9.17, 15) is 5.11 Å². The zero-order chi connectivity index (χ0) is 12.1. The van der Waals surface area contributed by atoms with E-state index in [1.54, 1.807) is 6.92 Å². The maximum absolute atomic E-state index is 9.70. The molecule has 0 saturated carbocycles. The van der Waals surface area contributed by atoms with Gasteiger partial charge >= 0.3 is 0 Å². The molecule has 0 aromatic rings. The first-order valence-corrected chi connectivity index (χ1v) is 4.98. The molecule has 0 amide bonds. The van der Waals surface area contributed by atoms with E-state index < -0.39 is 24.3 Å². The molecule has 86 valence electrons. The Balaban J connectivity index is 2.52. The van der Waals surface area contributed by atoms with Gasteiger partial charge in [0.2, 0.25) is 0 Å². The smallest absolute Gasteiger partial charge is 0.120 e. The van der Waals surface area contributed by atoms with Crippen LogP contribution in [-0.2, 0) is 14.2 Å². The van der Waals surface area contributed by atoms with E-state index in [2.05, 4.69) is 12.5 Å². The second kappa shape index (κ2) is 5.95. The average Bonchev–Trinajstić information content (AvgIpc) is 2.50. The predicted octanol–water partition coefficient (Wildman–Crippen LogP) is -0.191. The van der Waals surface area contributed by atoms with Crippen molar-refractivity contribution in [1.82, 2.24) is 0 Å². The van der Waals surface area contributed by atoms with Gasteiger partial charge in [0, 0.05) is 6.00 Å². The van der Waals surface area contributed by atoms with Crippen LogP contribution in [0.4, 0.5) is 0 Å². The first-order chi connectivity index (χ1) is 7.56. The van der Waals surface area contributed by atoms with Crippen LogP contribution in [0, 0.1) is 12.3 Å². The number of rotatable bonds is 5. The number of hydrogen-bond acceptors (Lipinski definition) is 4. The molecule has 0 bridgehead atoms. The van der Waals surface area contributed by atoms with Gasteiger partial charge < -0.3 is 19.3 Å². The number of ether oxygens (including phenoxy) is 3. The van der Waals surface area contributed by atoms with Crippen molar-refractivity contribution in [2.45, 2.75) is 31.2 Å². The largest absolute Gasteiger partial charge is 0.496 e. The van der Waals surface area contributed by atoms with E-state index in [0.29, 0.717) is 5.76 Å². The standard InChI is InChI=1S/C11H15BO4/c1-4-5-14-10-8(6-15-7(2)3)16-11(12)9(10)13/h1,8-11,13H,2,5-6H2,3H3. The second-order valence-electron chi connectivity index (χ2n) is 3.62. The van der Waals surface area contributed by atoms with E-state index in [0.717, 1.165) is 0 Å². The lowest BCUT2D eigenvalue weighted by Gasteiger charge is -2.20. The van der Waals surface area contributed by atoms with Gasteiger partial charge in [0.15, 0.2) is 0 Å². The molecule has 1 heterocycles. The zero-order valence-electron chi connectivity index (χ0n) is 9.26. The Morgan fingerprint density at radius 1 is 1.69 bits per heavy atom. The van der Waals surface area contributed by atoms with Crippen LogP contribution in [-0.4, -0.2) is 50.5 Å². The van der Waals surface area contributed by atoms with Crippen LogP contribution < -0.4 is 0 Å². The van der Waals surface area contributed by atoms with Gasteiger partial charge in [-0.2, -0.15) is 0 Å². The number of terminal acetylenes is 1. The minimum absolute atomic E-state index is 0.0986. The second-order valence-corrected chi connectivity index (χ2v) is 3.62. The first-order valence-electron chi connectivity index (χ1n) is 4.98. The summed E-state index contributed by atoms with van der Waals surface area (Å²) in [6.07, 6.45) is 3.18. The summed E-state index contributed by atoms with van der Waals surface area (Å²) in [5.74, 6) is 2.89. The van der Waals surface area contributed by atoms with Gasteiger partial charge in [-0.3, -0.25) is 0 Å². The maximum Gasteiger partial charge on any atom is 0.120 e. The molecule has 4 atom stereocenters. The van der Waals surface area contributed by atoms with E-state index in [1.807, 2.05) is 0 Å². The average molecular weight is 222 g/mol. The highest BCUT2D eigenvalue weighted by atomic mass is 16.6. The van der Waals surface area contributed by atoms with Gasteiger partial charge in [0.05, 0.1) is 5.76 Å². The third kappa shape index (κ3) is 3.27. The molecule has 1 aliphatic rings. The molecule has 1 rings (SSSR count). The Morgan fingerprint density at radius 3 is 2.94 bits per heavy atom. The fraction of sp³-hybridized carbons (Fsp3) is 0.636. The molecule has 0 aromatic carbocycles. The monoisotopic (exact) mass is 222 g/mol. The summed E-state index contributed by atoms with van der Waals surface area (Å²) in [6, 6.07) is -0.776. The summed E-state index contributed by atoms with van der Waals surface area (Å²) in [5, 5.41) is 9.70. The van der Waals surface area contributed by atoms with Gasteiger partial charge in [-0.25, -0.2) is 0 Å². The fourth-order valence-corrected chi connectivity index (χ4v) is 1.48. The molecule has 4 unspecified atom stereocenters. The predicted molar refractivity (Wildman–Crippen MR) is 59.8 cm³/mol. The van der Waals surface area contributed by atoms with Crippen LogP contribution in [0.1, 0.15) is 6.92 Å². The van der Waals surface area contributed by atoms with Crippen LogP contribution in [0.25, 0.3) is 0 Å². The zero-order valence-corrected chi connectivity index (χ0v) is 9.26. The van der Waals surface area contributed by atoms with Crippen LogP contribution in [0.3, 0.4) is 0 Å². The summed E-state index contributed by atoms with van der Waals surface area (Å²) >= 11 is 0. The van der Waals surface area contributed by atoms with Crippen molar-refractivity contribution in [3.05, 3.63) is 12.3 Å². The number of aliphatic hydroxyl groups excluding tert-OH is 1. The van der Waals surface area contributed by atoms with Crippen LogP contribution in [0.15, 0.2) is 12.3 Å². The minimum Gasteiger partial charge on any atom is -0.496 e. The van der Waals surface area contributed by atoms with Crippen LogP contribution >= 0.6 is 0 Å². The first kappa shape index (κ1) is 13.1. The van der Waals surface area contributed by atoms with Gasteiger partial charge in [-0.05, 0) is 6.92 Å². The third-order valence-electron chi connectivity index (χ3n) is 2.22. The summed E-state index contributed by atoms with van der Waals surface area (Å²) in [4.78, 5) is 0. The van der Waals surface area contributed by atoms with Crippen molar-refractivity contribution < 1.29 is 19.3 Å². The molecule has 1 aliphatic heterocycles. The molecule has 16 heavy (non-hydrogen) atoms. The van der Waals surface area contributed by atoms with Crippen molar-refractivity contribution in [3.8, 4) is 12.3 Å². The number of allylic oxidation sites excluding steroid dienone is 1. The maximum atomic E-state index is 9.70. The van der Waals surface area contributed by atoms with Gasteiger partial charge in [-0.15, -0.1) is 6.42 Å². The Labute approximate surface area is 97.0 Å². The highest BCUT2D eigenvalue weighted by molar-refractivity contribution is 6.11. The van der Waals surface area contributed by atoms with Gasteiger partial charge in [-0.1, -0.05) is 12.5 Å². The Bertz CT molecular complexity index is 286. The number of hydrogen-bond donors (Lipinski definition) is 1. The molecular weight excluding hydrogens is 207 g/mol. The quantitative estimate of drug-likeness (QED) is 0.398. The Hall–Kier alpha value is -0.955. The van der Waals surface area contributed by atoms with Crippen molar-refractivity contribution in [2.24, 2.45) is 0 Å². The molecule has 1 fully saturated rings. The lowest BCUT2D eigenvalue weighted by molar-refractivity contribution is -0.0473. The lowest BCUT2D eigenvalue weighted by atomic mass is 9.93. The number of aliphatic hydroxyl groups is 1. The Kier molecular flexibility index (Phi) is 4.87. The summed E-state index contributed by atoms with van der Waals surface area (Å²) < 4.78 is 15.8. The molecule has 0 spiro atoms. The molecule has 5 heteroatoms. The molecule has 0 aliphatic carbocycles. The van der Waals surface area contributed by atoms with E-state index in [4.69, 9.17) is 28.5 Å². The fourth-order valence-electron chi connectivity index (χ4n) is 1.48. The molecule has 0 aromatic heterocycles. The Morgan fingerprint density at radius 2 is 2.38 bits per heavy atom. The van der Waals surface area contributed by atoms with E-state index >= 15 is 0 Å². The molecule has 4 nitrogen and oxygen atoms in total. The summed E-state index contributed by atoms with van der Waals surface area (Å²) in [6.45, 7) is 5.65. The van der Waals surface area contributed by atoms with Crippen molar-refractivity contribution in [2.75, 3.05) is 13.2 Å². The van der Waals surface area contributed by atoms with Crippen molar-refractivity contribution in [1.29, 1.82) is 0 Å².